The Kier molecular flexibility index (Phi) is 6.20. The van der Waals surface area contributed by atoms with Gasteiger partial charge in [0.15, 0.2) is 0 Å². The maximum absolute atomic E-state index is 12.8. The number of anilines is 1. The molecule has 1 aromatic heterocycles. The summed E-state index contributed by atoms with van der Waals surface area (Å²) in [5, 5.41) is 2.96. The monoisotopic (exact) mass is 497 g/mol. The number of aryl methyl sites for hydroxylation is 1. The van der Waals surface area contributed by atoms with Crippen LogP contribution in [-0.4, -0.2) is 48.0 Å². The Morgan fingerprint density at radius 3 is 2.81 bits per heavy atom. The maximum Gasteiger partial charge on any atom is 0.256 e. The molecule has 2 aromatic rings. The molecule has 2 N–H and O–H groups in total. The number of ether oxygens (including phenoxy) is 1. The number of aromatic nitrogens is 1. The molecule has 7 heteroatoms. The van der Waals surface area contributed by atoms with Gasteiger partial charge >= 0.3 is 0 Å². The van der Waals surface area contributed by atoms with Gasteiger partial charge in [-0.3, -0.25) is 9.59 Å². The third kappa shape index (κ3) is 4.28. The number of carbonyl (C=O) groups excluding carboxylic acids is 2. The number of carbonyl (C=O) groups is 2. The van der Waals surface area contributed by atoms with Crippen LogP contribution in [-0.2, 0) is 33.6 Å². The molecule has 3 heterocycles. The zero-order valence-corrected chi connectivity index (χ0v) is 19.7. The van der Waals surface area contributed by atoms with Crippen LogP contribution < -0.4 is 5.32 Å². The van der Waals surface area contributed by atoms with Crippen molar-refractivity contribution in [3.63, 3.8) is 0 Å². The highest BCUT2D eigenvalue weighted by atomic mass is 79.9. The molecule has 32 heavy (non-hydrogen) atoms. The molecular weight excluding hydrogens is 470 g/mol. The summed E-state index contributed by atoms with van der Waals surface area (Å²) in [7, 11) is 0. The van der Waals surface area contributed by atoms with E-state index in [9.17, 15) is 9.59 Å². The van der Waals surface area contributed by atoms with E-state index in [0.29, 0.717) is 44.7 Å². The van der Waals surface area contributed by atoms with Crippen LogP contribution in [0.25, 0.3) is 11.6 Å². The minimum atomic E-state index is -0.0850. The van der Waals surface area contributed by atoms with E-state index < -0.39 is 0 Å². The number of aromatic amines is 1. The van der Waals surface area contributed by atoms with Crippen molar-refractivity contribution in [3.8, 4) is 0 Å². The Morgan fingerprint density at radius 1 is 1.16 bits per heavy atom. The fraction of sp³-hybridized carbons (Fsp3) is 0.440. The van der Waals surface area contributed by atoms with Crippen LogP contribution in [0.5, 0.6) is 0 Å². The molecule has 5 rings (SSSR count). The fourth-order valence-corrected chi connectivity index (χ4v) is 5.37. The average Bonchev–Trinajstić information content (AvgIpc) is 3.17. The lowest BCUT2D eigenvalue weighted by atomic mass is 9.97. The first-order valence-corrected chi connectivity index (χ1v) is 12.3. The van der Waals surface area contributed by atoms with Crippen LogP contribution in [0.4, 0.5) is 5.69 Å². The van der Waals surface area contributed by atoms with Gasteiger partial charge in [0.2, 0.25) is 5.91 Å². The molecule has 6 nitrogen and oxygen atoms in total. The molecule has 0 radical (unpaired) electrons. The second kappa shape index (κ2) is 9.24. The molecule has 1 aliphatic carbocycles. The van der Waals surface area contributed by atoms with Gasteiger partial charge in [-0.05, 0) is 67.5 Å². The number of nitrogens with one attached hydrogen (secondary N) is 2. The van der Waals surface area contributed by atoms with Crippen molar-refractivity contribution in [3.05, 3.63) is 50.8 Å². The van der Waals surface area contributed by atoms with E-state index in [2.05, 4.69) is 26.2 Å². The summed E-state index contributed by atoms with van der Waals surface area (Å²) < 4.78 is 6.32. The lowest BCUT2D eigenvalue weighted by molar-refractivity contribution is -0.135. The normalized spacial score (nSPS) is 19.5. The number of amides is 2. The molecular formula is C25H28BrN3O3. The summed E-state index contributed by atoms with van der Waals surface area (Å²) in [5.74, 6) is 0.0987. The smallest absolute Gasteiger partial charge is 0.256 e. The Morgan fingerprint density at radius 2 is 1.97 bits per heavy atom. The van der Waals surface area contributed by atoms with Crippen molar-refractivity contribution >= 4 is 45.1 Å². The topological polar surface area (TPSA) is 74.4 Å². The van der Waals surface area contributed by atoms with Crippen molar-refractivity contribution in [2.45, 2.75) is 44.9 Å². The summed E-state index contributed by atoms with van der Waals surface area (Å²) in [6.07, 6.45) is 8.78. The molecule has 0 saturated carbocycles. The lowest BCUT2D eigenvalue weighted by Crippen LogP contribution is -2.40. The minimum Gasteiger partial charge on any atom is -0.378 e. The van der Waals surface area contributed by atoms with E-state index in [0.717, 1.165) is 34.3 Å². The number of H-pyrrole nitrogens is 1. The van der Waals surface area contributed by atoms with Crippen molar-refractivity contribution in [2.75, 3.05) is 31.6 Å². The predicted octanol–water partition coefficient (Wildman–Crippen LogP) is 4.33. The molecule has 168 valence electrons. The largest absolute Gasteiger partial charge is 0.378 e. The number of fused-ring (bicyclic) bond motifs is 2. The number of halogens is 1. The Labute approximate surface area is 196 Å². The zero-order chi connectivity index (χ0) is 22.1. The number of hydrogen-bond donors (Lipinski definition) is 2. The standard InChI is InChI=1S/C25H28BrN3O3/c26-16-6-8-22-19(14-16)20(25(31)28-22)15-23-18(17-4-2-1-3-5-21(17)27-23)7-9-24(30)29-10-12-32-13-11-29/h6,8,14-15,27H,1-5,7,9-13H2,(H,28,31). The van der Waals surface area contributed by atoms with Crippen molar-refractivity contribution < 1.29 is 14.3 Å². The van der Waals surface area contributed by atoms with Crippen molar-refractivity contribution in [2.24, 2.45) is 0 Å². The third-order valence-corrected chi connectivity index (χ3v) is 7.19. The summed E-state index contributed by atoms with van der Waals surface area (Å²) in [6, 6.07) is 5.83. The summed E-state index contributed by atoms with van der Waals surface area (Å²) in [4.78, 5) is 31.1. The van der Waals surface area contributed by atoms with Gasteiger partial charge < -0.3 is 19.9 Å². The van der Waals surface area contributed by atoms with Crippen LogP contribution in [0.2, 0.25) is 0 Å². The van der Waals surface area contributed by atoms with Gasteiger partial charge in [-0.15, -0.1) is 0 Å². The Balaban J connectivity index is 1.47. The first-order valence-electron chi connectivity index (χ1n) is 11.5. The Bertz CT molecular complexity index is 1080. The number of hydrogen-bond acceptors (Lipinski definition) is 3. The third-order valence-electron chi connectivity index (χ3n) is 6.70. The molecule has 1 saturated heterocycles. The van der Waals surface area contributed by atoms with Gasteiger partial charge in [0.1, 0.15) is 0 Å². The highest BCUT2D eigenvalue weighted by molar-refractivity contribution is 9.10. The van der Waals surface area contributed by atoms with E-state index in [1.807, 2.05) is 29.2 Å². The SMILES string of the molecule is O=C1Nc2ccc(Br)cc2C1=Cc1[nH]c2c(c1CCC(=O)N1CCOCC1)CCCCC2. The van der Waals surface area contributed by atoms with E-state index in [4.69, 9.17) is 4.74 Å². The first kappa shape index (κ1) is 21.5. The van der Waals surface area contributed by atoms with Crippen LogP contribution in [0.3, 0.4) is 0 Å². The van der Waals surface area contributed by atoms with Gasteiger partial charge in [0.05, 0.1) is 18.8 Å². The molecule has 2 amide bonds. The highest BCUT2D eigenvalue weighted by Gasteiger charge is 2.27. The molecule has 1 fully saturated rings. The molecule has 1 aromatic carbocycles. The summed E-state index contributed by atoms with van der Waals surface area (Å²) in [5.41, 5.74) is 7.22. The number of benzene rings is 1. The van der Waals surface area contributed by atoms with E-state index >= 15 is 0 Å². The molecule has 2 aliphatic heterocycles. The van der Waals surface area contributed by atoms with Crippen molar-refractivity contribution in [1.82, 2.24) is 9.88 Å². The fourth-order valence-electron chi connectivity index (χ4n) is 5.01. The zero-order valence-electron chi connectivity index (χ0n) is 18.1. The molecule has 0 atom stereocenters. The van der Waals surface area contributed by atoms with Gasteiger partial charge in [-0.2, -0.15) is 0 Å². The first-order chi connectivity index (χ1) is 15.6. The quantitative estimate of drug-likeness (QED) is 0.487. The summed E-state index contributed by atoms with van der Waals surface area (Å²) in [6.45, 7) is 2.58. The summed E-state index contributed by atoms with van der Waals surface area (Å²) >= 11 is 3.52. The highest BCUT2D eigenvalue weighted by Crippen LogP contribution is 2.37. The van der Waals surface area contributed by atoms with E-state index in [-0.39, 0.29) is 11.8 Å². The Hall–Kier alpha value is -2.38. The van der Waals surface area contributed by atoms with Gasteiger partial charge in [-0.25, -0.2) is 0 Å². The maximum atomic E-state index is 12.8. The van der Waals surface area contributed by atoms with Crippen molar-refractivity contribution in [1.29, 1.82) is 0 Å². The van der Waals surface area contributed by atoms with Crippen LogP contribution in [0, 0.1) is 0 Å². The minimum absolute atomic E-state index is 0.0850. The van der Waals surface area contributed by atoms with Crippen LogP contribution in [0.1, 0.15) is 53.8 Å². The second-order valence-corrected chi connectivity index (χ2v) is 9.65. The van der Waals surface area contributed by atoms with Crippen LogP contribution in [0.15, 0.2) is 22.7 Å². The predicted molar refractivity (Wildman–Crippen MR) is 128 cm³/mol. The molecule has 3 aliphatic rings. The molecule has 0 unspecified atom stereocenters. The van der Waals surface area contributed by atoms with Gasteiger partial charge in [0.25, 0.3) is 5.91 Å². The number of nitrogens with zero attached hydrogens (tertiary/aromatic N) is 1. The van der Waals surface area contributed by atoms with E-state index in [1.54, 1.807) is 0 Å². The van der Waals surface area contributed by atoms with Crippen LogP contribution >= 0.6 is 15.9 Å². The van der Waals surface area contributed by atoms with E-state index in [1.165, 1.54) is 36.1 Å². The second-order valence-electron chi connectivity index (χ2n) is 8.73. The average molecular weight is 498 g/mol. The molecule has 0 bridgehead atoms. The molecule has 0 spiro atoms. The van der Waals surface area contributed by atoms with Gasteiger partial charge in [0, 0.05) is 46.6 Å². The lowest BCUT2D eigenvalue weighted by Gasteiger charge is -2.27. The number of rotatable bonds is 4. The number of morpholine rings is 1. The van der Waals surface area contributed by atoms with Gasteiger partial charge in [-0.1, -0.05) is 22.4 Å².